The Labute approximate surface area is 108 Å². The van der Waals surface area contributed by atoms with Crippen molar-refractivity contribution in [2.75, 3.05) is 13.1 Å². The summed E-state index contributed by atoms with van der Waals surface area (Å²) in [7, 11) is 0. The Morgan fingerprint density at radius 3 is 2.83 bits per heavy atom. The highest BCUT2D eigenvalue weighted by molar-refractivity contribution is 5.68. The van der Waals surface area contributed by atoms with Gasteiger partial charge in [0, 0.05) is 18.6 Å². The molecule has 1 aromatic rings. The van der Waals surface area contributed by atoms with Gasteiger partial charge in [-0.15, -0.1) is 0 Å². The first kappa shape index (κ1) is 12.9. The van der Waals surface area contributed by atoms with Crippen LogP contribution in [0.25, 0.3) is 0 Å². The third-order valence-electron chi connectivity index (χ3n) is 3.19. The number of rotatable bonds is 2. The van der Waals surface area contributed by atoms with Crippen molar-refractivity contribution in [2.24, 2.45) is 5.73 Å². The standard InChI is InChI=1S/C14H20N2O2/c1-14(15)8-5-9-16(11-14)13(17)18-10-12-6-3-2-4-7-12/h2-4,6-7H,5,8-11,15H2,1H3/t14-/m0/s1. The van der Waals surface area contributed by atoms with Gasteiger partial charge in [0.05, 0.1) is 0 Å². The van der Waals surface area contributed by atoms with Crippen LogP contribution < -0.4 is 5.73 Å². The summed E-state index contributed by atoms with van der Waals surface area (Å²) in [5.41, 5.74) is 6.77. The van der Waals surface area contributed by atoms with Gasteiger partial charge in [0.25, 0.3) is 0 Å². The second-order valence-corrected chi connectivity index (χ2v) is 5.22. The second kappa shape index (κ2) is 5.40. The van der Waals surface area contributed by atoms with Crippen LogP contribution in [-0.4, -0.2) is 29.6 Å². The van der Waals surface area contributed by atoms with E-state index in [2.05, 4.69) is 0 Å². The predicted molar refractivity (Wildman–Crippen MR) is 70.0 cm³/mol. The molecule has 2 rings (SSSR count). The van der Waals surface area contributed by atoms with Crippen molar-refractivity contribution in [3.8, 4) is 0 Å². The van der Waals surface area contributed by atoms with E-state index in [4.69, 9.17) is 10.5 Å². The number of piperidine rings is 1. The number of benzene rings is 1. The van der Waals surface area contributed by atoms with Crippen LogP contribution in [0, 0.1) is 0 Å². The molecule has 1 aliphatic heterocycles. The summed E-state index contributed by atoms with van der Waals surface area (Å²) in [6.07, 6.45) is 1.62. The molecular weight excluding hydrogens is 228 g/mol. The highest BCUT2D eigenvalue weighted by atomic mass is 16.6. The molecule has 1 aromatic carbocycles. The van der Waals surface area contributed by atoms with E-state index in [9.17, 15) is 4.79 Å². The number of carbonyl (C=O) groups is 1. The van der Waals surface area contributed by atoms with Crippen molar-refractivity contribution in [3.05, 3.63) is 35.9 Å². The van der Waals surface area contributed by atoms with Crippen LogP contribution in [0.15, 0.2) is 30.3 Å². The van der Waals surface area contributed by atoms with Crippen LogP contribution in [0.2, 0.25) is 0 Å². The Balaban J connectivity index is 1.85. The molecule has 4 heteroatoms. The molecule has 1 saturated heterocycles. The Morgan fingerprint density at radius 1 is 1.44 bits per heavy atom. The third-order valence-corrected chi connectivity index (χ3v) is 3.19. The molecule has 0 unspecified atom stereocenters. The van der Waals surface area contributed by atoms with Crippen LogP contribution in [0.3, 0.4) is 0 Å². The van der Waals surface area contributed by atoms with E-state index in [-0.39, 0.29) is 11.6 Å². The summed E-state index contributed by atoms with van der Waals surface area (Å²) in [5.74, 6) is 0. The molecule has 1 atom stereocenters. The van der Waals surface area contributed by atoms with Crippen molar-refractivity contribution in [1.82, 2.24) is 4.90 Å². The van der Waals surface area contributed by atoms with Gasteiger partial charge in [-0.2, -0.15) is 0 Å². The van der Waals surface area contributed by atoms with E-state index >= 15 is 0 Å². The lowest BCUT2D eigenvalue weighted by molar-refractivity contribution is 0.0759. The minimum absolute atomic E-state index is 0.268. The second-order valence-electron chi connectivity index (χ2n) is 5.22. The molecule has 4 nitrogen and oxygen atoms in total. The molecule has 0 aromatic heterocycles. The molecule has 2 N–H and O–H groups in total. The monoisotopic (exact) mass is 248 g/mol. The first-order valence-electron chi connectivity index (χ1n) is 6.31. The first-order valence-corrected chi connectivity index (χ1v) is 6.31. The Kier molecular flexibility index (Phi) is 3.87. The summed E-state index contributed by atoms with van der Waals surface area (Å²) in [5, 5.41) is 0. The van der Waals surface area contributed by atoms with Crippen LogP contribution in [0.5, 0.6) is 0 Å². The van der Waals surface area contributed by atoms with Gasteiger partial charge in [-0.3, -0.25) is 0 Å². The van der Waals surface area contributed by atoms with Gasteiger partial charge in [-0.1, -0.05) is 30.3 Å². The number of hydrogen-bond acceptors (Lipinski definition) is 3. The van der Waals surface area contributed by atoms with E-state index < -0.39 is 0 Å². The van der Waals surface area contributed by atoms with E-state index in [1.54, 1.807) is 4.90 Å². The average Bonchev–Trinajstić information content (AvgIpc) is 2.36. The van der Waals surface area contributed by atoms with Crippen molar-refractivity contribution in [1.29, 1.82) is 0 Å². The van der Waals surface area contributed by atoms with Crippen LogP contribution in [0.1, 0.15) is 25.3 Å². The lowest BCUT2D eigenvalue weighted by Crippen LogP contribution is -2.53. The highest BCUT2D eigenvalue weighted by Crippen LogP contribution is 2.18. The maximum atomic E-state index is 11.9. The van der Waals surface area contributed by atoms with Gasteiger partial charge in [0.1, 0.15) is 6.61 Å². The lowest BCUT2D eigenvalue weighted by Gasteiger charge is -2.37. The summed E-state index contributed by atoms with van der Waals surface area (Å²) >= 11 is 0. The van der Waals surface area contributed by atoms with Gasteiger partial charge >= 0.3 is 6.09 Å². The number of likely N-dealkylation sites (tertiary alicyclic amines) is 1. The van der Waals surface area contributed by atoms with Crippen molar-refractivity contribution in [2.45, 2.75) is 31.9 Å². The third kappa shape index (κ3) is 3.47. The lowest BCUT2D eigenvalue weighted by atomic mass is 9.93. The minimum atomic E-state index is -0.288. The smallest absolute Gasteiger partial charge is 0.410 e. The molecule has 1 aliphatic rings. The maximum absolute atomic E-state index is 11.9. The van der Waals surface area contributed by atoms with Crippen molar-refractivity contribution in [3.63, 3.8) is 0 Å². The molecule has 0 spiro atoms. The topological polar surface area (TPSA) is 55.6 Å². The summed E-state index contributed by atoms with van der Waals surface area (Å²) < 4.78 is 5.29. The molecule has 0 bridgehead atoms. The molecule has 0 aliphatic carbocycles. The molecule has 0 saturated carbocycles. The summed E-state index contributed by atoms with van der Waals surface area (Å²) in [4.78, 5) is 13.6. The van der Waals surface area contributed by atoms with E-state index in [0.717, 1.165) is 24.9 Å². The van der Waals surface area contributed by atoms with Gasteiger partial charge in [-0.05, 0) is 25.3 Å². The Bertz CT molecular complexity index is 404. The zero-order valence-electron chi connectivity index (χ0n) is 10.8. The quantitative estimate of drug-likeness (QED) is 0.872. The van der Waals surface area contributed by atoms with Crippen LogP contribution in [0.4, 0.5) is 4.79 Å². The number of ether oxygens (including phenoxy) is 1. The van der Waals surface area contributed by atoms with E-state index in [0.29, 0.717) is 13.2 Å². The normalized spacial score (nSPS) is 23.8. The highest BCUT2D eigenvalue weighted by Gasteiger charge is 2.30. The molecule has 1 amide bonds. The van der Waals surface area contributed by atoms with Crippen LogP contribution >= 0.6 is 0 Å². The molecule has 18 heavy (non-hydrogen) atoms. The zero-order valence-corrected chi connectivity index (χ0v) is 10.8. The number of nitrogens with zero attached hydrogens (tertiary/aromatic N) is 1. The number of nitrogens with two attached hydrogens (primary N) is 1. The molecule has 1 fully saturated rings. The zero-order chi connectivity index (χ0) is 13.0. The van der Waals surface area contributed by atoms with Gasteiger partial charge in [-0.25, -0.2) is 4.79 Å². The molecule has 1 heterocycles. The van der Waals surface area contributed by atoms with Gasteiger partial charge in [0.15, 0.2) is 0 Å². The number of hydrogen-bond donors (Lipinski definition) is 1. The summed E-state index contributed by atoms with van der Waals surface area (Å²) in [6, 6.07) is 9.69. The Morgan fingerprint density at radius 2 is 2.17 bits per heavy atom. The molecule has 0 radical (unpaired) electrons. The van der Waals surface area contributed by atoms with Crippen molar-refractivity contribution >= 4 is 6.09 Å². The minimum Gasteiger partial charge on any atom is -0.445 e. The maximum Gasteiger partial charge on any atom is 0.410 e. The molecule has 98 valence electrons. The predicted octanol–water partition coefficient (Wildman–Crippen LogP) is 2.14. The van der Waals surface area contributed by atoms with Crippen LogP contribution in [-0.2, 0) is 11.3 Å². The van der Waals surface area contributed by atoms with Crippen molar-refractivity contribution < 1.29 is 9.53 Å². The number of carbonyl (C=O) groups excluding carboxylic acids is 1. The van der Waals surface area contributed by atoms with Gasteiger partial charge in [0.2, 0.25) is 0 Å². The average molecular weight is 248 g/mol. The fraction of sp³-hybridized carbons (Fsp3) is 0.500. The number of amides is 1. The van der Waals surface area contributed by atoms with Gasteiger partial charge < -0.3 is 15.4 Å². The fourth-order valence-corrected chi connectivity index (χ4v) is 2.23. The fourth-order valence-electron chi connectivity index (χ4n) is 2.23. The SMILES string of the molecule is C[C@]1(N)CCCN(C(=O)OCc2ccccc2)C1. The molecular formula is C14H20N2O2. The summed E-state index contributed by atoms with van der Waals surface area (Å²) in [6.45, 7) is 3.60. The first-order chi connectivity index (χ1) is 8.57. The van der Waals surface area contributed by atoms with E-state index in [1.165, 1.54) is 0 Å². The van der Waals surface area contributed by atoms with E-state index in [1.807, 2.05) is 37.3 Å². The largest absolute Gasteiger partial charge is 0.445 e. The Hall–Kier alpha value is -1.55.